The number of carbonyl (C=O) groups excluding carboxylic acids is 1. The minimum atomic E-state index is -0.412. The normalized spacial score (nSPS) is 14.0. The first kappa shape index (κ1) is 19.8. The molecule has 4 rings (SSSR count). The second kappa shape index (κ2) is 8.11. The number of hydrogen-bond donors (Lipinski definition) is 1. The summed E-state index contributed by atoms with van der Waals surface area (Å²) in [5, 5.41) is 3.94. The molecule has 0 bridgehead atoms. The summed E-state index contributed by atoms with van der Waals surface area (Å²) >= 11 is 2.52. The van der Waals surface area contributed by atoms with Crippen molar-refractivity contribution >= 4 is 50.2 Å². The van der Waals surface area contributed by atoms with Gasteiger partial charge in [-0.1, -0.05) is 29.2 Å². The summed E-state index contributed by atoms with van der Waals surface area (Å²) in [5.74, 6) is -0.662. The predicted molar refractivity (Wildman–Crippen MR) is 115 cm³/mol. The van der Waals surface area contributed by atoms with Crippen molar-refractivity contribution in [3.8, 4) is 0 Å². The standard InChI is InChI=1S/C19H20FN5O2S2/c1-11-5-6-12(20)9-13(11)21-14(26)10-28-18-22-16-15(17(27)24(18)2)29-19(23-16)25-7-3-4-8-25/h5-6,9H,3-4,7-8,10H2,1-2H3,(H,21,26). The smallest absolute Gasteiger partial charge is 0.273 e. The van der Waals surface area contributed by atoms with E-state index in [1.54, 1.807) is 20.0 Å². The van der Waals surface area contributed by atoms with Crippen LogP contribution in [0.25, 0.3) is 10.3 Å². The molecule has 1 saturated heterocycles. The molecule has 10 heteroatoms. The lowest BCUT2D eigenvalue weighted by Gasteiger charge is -2.11. The Balaban J connectivity index is 1.51. The van der Waals surface area contributed by atoms with Crippen LogP contribution >= 0.6 is 23.1 Å². The van der Waals surface area contributed by atoms with Gasteiger partial charge >= 0.3 is 0 Å². The van der Waals surface area contributed by atoms with Crippen molar-refractivity contribution in [3.05, 3.63) is 39.9 Å². The van der Waals surface area contributed by atoms with E-state index in [4.69, 9.17) is 0 Å². The number of thioether (sulfide) groups is 1. The number of anilines is 2. The van der Waals surface area contributed by atoms with Crippen molar-refractivity contribution in [2.75, 3.05) is 29.1 Å². The number of thiazole rings is 1. The lowest BCUT2D eigenvalue weighted by atomic mass is 10.2. The third-order valence-corrected chi connectivity index (χ3v) is 6.89. The molecule has 7 nitrogen and oxygen atoms in total. The molecule has 2 aromatic heterocycles. The van der Waals surface area contributed by atoms with E-state index in [0.717, 1.165) is 48.4 Å². The molecule has 1 N–H and O–H groups in total. The summed E-state index contributed by atoms with van der Waals surface area (Å²) in [4.78, 5) is 36.2. The molecule has 0 saturated carbocycles. The fraction of sp³-hybridized carbons (Fsp3) is 0.368. The van der Waals surface area contributed by atoms with Crippen LogP contribution in [-0.4, -0.2) is 39.3 Å². The van der Waals surface area contributed by atoms with E-state index < -0.39 is 5.82 Å². The average Bonchev–Trinajstić information content (AvgIpc) is 3.36. The molecular formula is C19H20FN5O2S2. The Hall–Kier alpha value is -2.46. The van der Waals surface area contributed by atoms with Crippen molar-refractivity contribution in [1.82, 2.24) is 14.5 Å². The highest BCUT2D eigenvalue weighted by molar-refractivity contribution is 7.99. The van der Waals surface area contributed by atoms with E-state index in [1.807, 2.05) is 0 Å². The van der Waals surface area contributed by atoms with Crippen molar-refractivity contribution in [1.29, 1.82) is 0 Å². The zero-order valence-corrected chi connectivity index (χ0v) is 17.7. The Morgan fingerprint density at radius 3 is 2.83 bits per heavy atom. The van der Waals surface area contributed by atoms with E-state index >= 15 is 0 Å². The van der Waals surface area contributed by atoms with Crippen molar-refractivity contribution < 1.29 is 9.18 Å². The summed E-state index contributed by atoms with van der Waals surface area (Å²) in [7, 11) is 1.64. The molecule has 1 aromatic carbocycles. The molecule has 0 aliphatic carbocycles. The van der Waals surface area contributed by atoms with E-state index in [0.29, 0.717) is 21.2 Å². The number of nitrogens with zero attached hydrogens (tertiary/aromatic N) is 4. The van der Waals surface area contributed by atoms with Crippen LogP contribution in [0.15, 0.2) is 28.2 Å². The summed E-state index contributed by atoms with van der Waals surface area (Å²) in [5.41, 5.74) is 1.46. The number of hydrogen-bond acceptors (Lipinski definition) is 7. The van der Waals surface area contributed by atoms with Crippen molar-refractivity contribution in [2.45, 2.75) is 24.9 Å². The fourth-order valence-electron chi connectivity index (χ4n) is 3.14. The Morgan fingerprint density at radius 2 is 2.07 bits per heavy atom. The zero-order valence-electron chi connectivity index (χ0n) is 16.1. The van der Waals surface area contributed by atoms with Crippen LogP contribution in [0.5, 0.6) is 0 Å². The number of nitrogens with one attached hydrogen (secondary N) is 1. The fourth-order valence-corrected chi connectivity index (χ4v) is 4.93. The van der Waals surface area contributed by atoms with Gasteiger partial charge in [0.2, 0.25) is 5.91 Å². The van der Waals surface area contributed by atoms with Crippen LogP contribution in [0.2, 0.25) is 0 Å². The first-order valence-corrected chi connectivity index (χ1v) is 11.0. The van der Waals surface area contributed by atoms with Gasteiger partial charge in [-0.05, 0) is 37.5 Å². The maximum absolute atomic E-state index is 13.4. The quantitative estimate of drug-likeness (QED) is 0.492. The van der Waals surface area contributed by atoms with Crippen LogP contribution in [-0.2, 0) is 11.8 Å². The number of benzene rings is 1. The zero-order chi connectivity index (χ0) is 20.5. The molecule has 0 radical (unpaired) electrons. The van der Waals surface area contributed by atoms with Gasteiger partial charge in [0.15, 0.2) is 15.9 Å². The SMILES string of the molecule is Cc1ccc(F)cc1NC(=O)CSc1nc2nc(N3CCCC3)sc2c(=O)n1C. The lowest BCUT2D eigenvalue weighted by molar-refractivity contribution is -0.113. The number of rotatable bonds is 5. The number of aryl methyl sites for hydroxylation is 1. The molecule has 1 amide bonds. The number of fused-ring (bicyclic) bond motifs is 1. The van der Waals surface area contributed by atoms with Crippen LogP contribution in [0.1, 0.15) is 18.4 Å². The van der Waals surface area contributed by atoms with Gasteiger partial charge in [0.1, 0.15) is 10.5 Å². The molecule has 29 heavy (non-hydrogen) atoms. The topological polar surface area (TPSA) is 80.1 Å². The molecular weight excluding hydrogens is 413 g/mol. The van der Waals surface area contributed by atoms with Crippen LogP contribution < -0.4 is 15.8 Å². The molecule has 0 atom stereocenters. The molecule has 0 spiro atoms. The van der Waals surface area contributed by atoms with Gasteiger partial charge in [0.05, 0.1) is 5.75 Å². The number of amides is 1. The molecule has 1 fully saturated rings. The molecule has 152 valence electrons. The highest BCUT2D eigenvalue weighted by atomic mass is 32.2. The van der Waals surface area contributed by atoms with E-state index in [1.165, 1.54) is 28.0 Å². The summed E-state index contributed by atoms with van der Waals surface area (Å²) in [6.07, 6.45) is 2.25. The number of carbonyl (C=O) groups is 1. The lowest BCUT2D eigenvalue weighted by Crippen LogP contribution is -2.21. The average molecular weight is 434 g/mol. The van der Waals surface area contributed by atoms with Crippen molar-refractivity contribution in [2.24, 2.45) is 7.05 Å². The summed E-state index contributed by atoms with van der Waals surface area (Å²) in [6.45, 7) is 3.68. The maximum Gasteiger partial charge on any atom is 0.273 e. The summed E-state index contributed by atoms with van der Waals surface area (Å²) < 4.78 is 15.4. The van der Waals surface area contributed by atoms with Gasteiger partial charge in [0.25, 0.3) is 5.56 Å². The van der Waals surface area contributed by atoms with Gasteiger partial charge in [-0.2, -0.15) is 4.98 Å². The maximum atomic E-state index is 13.4. The predicted octanol–water partition coefficient (Wildman–Crippen LogP) is 3.17. The Bertz CT molecular complexity index is 1140. The molecule has 1 aliphatic heterocycles. The van der Waals surface area contributed by atoms with Crippen molar-refractivity contribution in [3.63, 3.8) is 0 Å². The van der Waals surface area contributed by atoms with Crippen LogP contribution in [0.4, 0.5) is 15.2 Å². The van der Waals surface area contributed by atoms with Gasteiger partial charge < -0.3 is 10.2 Å². The third-order valence-electron chi connectivity index (χ3n) is 4.77. The minimum Gasteiger partial charge on any atom is -0.348 e. The van der Waals surface area contributed by atoms with Gasteiger partial charge in [-0.25, -0.2) is 9.37 Å². The van der Waals surface area contributed by atoms with E-state index in [2.05, 4.69) is 20.2 Å². The second-order valence-electron chi connectivity index (χ2n) is 6.90. The number of halogens is 1. The third kappa shape index (κ3) is 4.13. The molecule has 3 heterocycles. The first-order chi connectivity index (χ1) is 13.9. The highest BCUT2D eigenvalue weighted by Crippen LogP contribution is 2.29. The first-order valence-electron chi connectivity index (χ1n) is 9.23. The largest absolute Gasteiger partial charge is 0.348 e. The Kier molecular flexibility index (Phi) is 5.55. The van der Waals surface area contributed by atoms with Gasteiger partial charge in [-0.3, -0.25) is 14.2 Å². The Labute approximate surface area is 175 Å². The Morgan fingerprint density at radius 1 is 1.31 bits per heavy atom. The second-order valence-corrected chi connectivity index (χ2v) is 8.82. The molecule has 0 unspecified atom stereocenters. The van der Waals surface area contributed by atoms with E-state index in [9.17, 15) is 14.0 Å². The van der Waals surface area contributed by atoms with E-state index in [-0.39, 0.29) is 17.2 Å². The monoisotopic (exact) mass is 433 g/mol. The summed E-state index contributed by atoms with van der Waals surface area (Å²) in [6, 6.07) is 4.24. The molecule has 1 aliphatic rings. The van der Waals surface area contributed by atoms with Crippen LogP contribution in [0, 0.1) is 12.7 Å². The molecule has 3 aromatic rings. The van der Waals surface area contributed by atoms with Gasteiger partial charge in [-0.15, -0.1) is 0 Å². The van der Waals surface area contributed by atoms with Gasteiger partial charge in [0, 0.05) is 25.8 Å². The number of aromatic nitrogens is 3. The van der Waals surface area contributed by atoms with Crippen LogP contribution in [0.3, 0.4) is 0 Å². The minimum absolute atomic E-state index is 0.0465. The highest BCUT2D eigenvalue weighted by Gasteiger charge is 2.20.